The summed E-state index contributed by atoms with van der Waals surface area (Å²) < 4.78 is 5.05. The molecule has 2 aliphatic carbocycles. The largest absolute Gasteiger partial charge is 0.465 e. The molecule has 1 aromatic rings. The number of thiocarbonyl (C=S) groups is 1. The average Bonchev–Trinajstić information content (AvgIpc) is 3.15. The number of hydrogen-bond donors (Lipinski definition) is 2. The molecule has 0 atom stereocenters. The Morgan fingerprint density at radius 2 is 1.83 bits per heavy atom. The molecule has 1 aromatic heterocycles. The highest BCUT2D eigenvalue weighted by molar-refractivity contribution is 7.80. The number of fused-ring (bicyclic) bond motifs is 1. The molecule has 0 aromatic carbocycles. The number of esters is 1. The van der Waals surface area contributed by atoms with E-state index in [1.165, 1.54) is 62.5 Å². The highest BCUT2D eigenvalue weighted by Crippen LogP contribution is 2.37. The van der Waals surface area contributed by atoms with Gasteiger partial charge in [-0.05, 0) is 56.3 Å². The summed E-state index contributed by atoms with van der Waals surface area (Å²) in [6.07, 6.45) is 11.7. The quantitative estimate of drug-likeness (QED) is 0.612. The summed E-state index contributed by atoms with van der Waals surface area (Å²) in [5.41, 5.74) is 1.88. The number of aryl methyl sites for hydroxylation is 1. The van der Waals surface area contributed by atoms with Crippen molar-refractivity contribution in [3.05, 3.63) is 16.0 Å². The number of carbonyl (C=O) groups excluding carboxylic acids is 1. The minimum atomic E-state index is -0.251. The molecule has 4 nitrogen and oxygen atoms in total. The summed E-state index contributed by atoms with van der Waals surface area (Å²) in [6, 6.07) is 0.465. The lowest BCUT2D eigenvalue weighted by atomic mass is 9.96. The lowest BCUT2D eigenvalue weighted by Gasteiger charge is -2.15. The summed E-state index contributed by atoms with van der Waals surface area (Å²) in [5, 5.41) is 8.16. The first-order chi connectivity index (χ1) is 11.7. The van der Waals surface area contributed by atoms with Crippen LogP contribution in [0.5, 0.6) is 0 Å². The van der Waals surface area contributed by atoms with Crippen molar-refractivity contribution in [2.45, 2.75) is 70.3 Å². The van der Waals surface area contributed by atoms with E-state index in [-0.39, 0.29) is 5.97 Å². The van der Waals surface area contributed by atoms with Gasteiger partial charge in [-0.25, -0.2) is 4.79 Å². The van der Waals surface area contributed by atoms with E-state index < -0.39 is 0 Å². The summed E-state index contributed by atoms with van der Waals surface area (Å²) in [6.45, 7) is 0. The zero-order chi connectivity index (χ0) is 16.9. The van der Waals surface area contributed by atoms with Gasteiger partial charge in [0.2, 0.25) is 0 Å². The molecule has 6 heteroatoms. The smallest absolute Gasteiger partial charge is 0.341 e. The Morgan fingerprint density at radius 3 is 2.54 bits per heavy atom. The second-order valence-corrected chi connectivity index (χ2v) is 8.21. The van der Waals surface area contributed by atoms with Crippen molar-refractivity contribution < 1.29 is 9.53 Å². The third kappa shape index (κ3) is 4.09. The van der Waals surface area contributed by atoms with Gasteiger partial charge in [-0.2, -0.15) is 0 Å². The Kier molecular flexibility index (Phi) is 6.11. The molecule has 3 rings (SSSR count). The SMILES string of the molecule is COC(=O)c1c(NC(=S)NC2CCCC2)sc2c1CCCCCC2. The average molecular weight is 367 g/mol. The molecule has 24 heavy (non-hydrogen) atoms. The standard InChI is InChI=1S/C18H26N2O2S2/c1-22-17(21)15-13-10-4-2-3-5-11-14(13)24-16(15)20-18(23)19-12-8-6-7-9-12/h12H,2-11H2,1H3,(H2,19,20,23). The van der Waals surface area contributed by atoms with Crippen LogP contribution in [0, 0.1) is 0 Å². The third-order valence-electron chi connectivity index (χ3n) is 4.98. The second-order valence-electron chi connectivity index (χ2n) is 6.69. The Bertz CT molecular complexity index is 606. The van der Waals surface area contributed by atoms with E-state index in [4.69, 9.17) is 17.0 Å². The monoisotopic (exact) mass is 366 g/mol. The van der Waals surface area contributed by atoms with Crippen molar-refractivity contribution in [1.29, 1.82) is 0 Å². The molecule has 132 valence electrons. The zero-order valence-corrected chi connectivity index (χ0v) is 15.9. The maximum atomic E-state index is 12.4. The van der Waals surface area contributed by atoms with Gasteiger partial charge >= 0.3 is 5.97 Å². The maximum absolute atomic E-state index is 12.4. The Hall–Kier alpha value is -1.14. The molecule has 0 saturated heterocycles. The molecule has 0 aliphatic heterocycles. The molecule has 0 radical (unpaired) electrons. The number of ether oxygens (including phenoxy) is 1. The first-order valence-electron chi connectivity index (χ1n) is 8.99. The number of methoxy groups -OCH3 is 1. The Balaban J connectivity index is 1.81. The first kappa shape index (κ1) is 17.7. The van der Waals surface area contributed by atoms with Crippen molar-refractivity contribution in [2.75, 3.05) is 12.4 Å². The fraction of sp³-hybridized carbons (Fsp3) is 0.667. The van der Waals surface area contributed by atoms with Crippen molar-refractivity contribution in [2.24, 2.45) is 0 Å². The lowest BCUT2D eigenvalue weighted by Crippen LogP contribution is -2.36. The van der Waals surface area contributed by atoms with E-state index in [0.717, 1.165) is 24.3 Å². The van der Waals surface area contributed by atoms with Gasteiger partial charge in [-0.1, -0.05) is 25.7 Å². The van der Waals surface area contributed by atoms with E-state index in [1.807, 2.05) is 0 Å². The van der Waals surface area contributed by atoms with Crippen LogP contribution >= 0.6 is 23.6 Å². The van der Waals surface area contributed by atoms with Crippen LogP contribution in [0.3, 0.4) is 0 Å². The van der Waals surface area contributed by atoms with Gasteiger partial charge in [-0.15, -0.1) is 11.3 Å². The fourth-order valence-electron chi connectivity index (χ4n) is 3.72. The van der Waals surface area contributed by atoms with Crippen molar-refractivity contribution in [3.63, 3.8) is 0 Å². The summed E-state index contributed by atoms with van der Waals surface area (Å²) in [7, 11) is 1.45. The van der Waals surface area contributed by atoms with Crippen molar-refractivity contribution in [3.8, 4) is 0 Å². The van der Waals surface area contributed by atoms with Crippen LogP contribution in [0.15, 0.2) is 0 Å². The summed E-state index contributed by atoms with van der Waals surface area (Å²) in [4.78, 5) is 13.7. The predicted molar refractivity (Wildman–Crippen MR) is 103 cm³/mol. The van der Waals surface area contributed by atoms with Crippen LogP contribution in [0.4, 0.5) is 5.00 Å². The number of anilines is 1. The highest BCUT2D eigenvalue weighted by Gasteiger charge is 2.26. The van der Waals surface area contributed by atoms with Crippen LogP contribution in [0.2, 0.25) is 0 Å². The molecule has 0 bridgehead atoms. The van der Waals surface area contributed by atoms with E-state index in [1.54, 1.807) is 11.3 Å². The van der Waals surface area contributed by atoms with E-state index in [0.29, 0.717) is 16.7 Å². The molecule has 2 aliphatic rings. The van der Waals surface area contributed by atoms with E-state index in [9.17, 15) is 4.79 Å². The summed E-state index contributed by atoms with van der Waals surface area (Å²) in [5.74, 6) is -0.251. The van der Waals surface area contributed by atoms with Gasteiger partial charge in [0.05, 0.1) is 12.7 Å². The first-order valence-corrected chi connectivity index (χ1v) is 10.2. The number of thiophene rings is 1. The molecule has 1 heterocycles. The number of hydrogen-bond acceptors (Lipinski definition) is 4. The summed E-state index contributed by atoms with van der Waals surface area (Å²) >= 11 is 7.16. The van der Waals surface area contributed by atoms with E-state index >= 15 is 0 Å². The van der Waals surface area contributed by atoms with Gasteiger partial charge in [0.15, 0.2) is 5.11 Å². The minimum Gasteiger partial charge on any atom is -0.465 e. The Labute approximate surface area is 153 Å². The van der Waals surface area contributed by atoms with E-state index in [2.05, 4.69) is 10.6 Å². The molecular formula is C18H26N2O2S2. The number of rotatable bonds is 3. The molecule has 0 amide bonds. The van der Waals surface area contributed by atoms with Gasteiger partial charge < -0.3 is 15.4 Å². The van der Waals surface area contributed by atoms with Crippen molar-refractivity contribution in [1.82, 2.24) is 5.32 Å². The Morgan fingerprint density at radius 1 is 1.12 bits per heavy atom. The molecule has 0 spiro atoms. The molecule has 1 fully saturated rings. The third-order valence-corrected chi connectivity index (χ3v) is 6.41. The molecular weight excluding hydrogens is 340 g/mol. The number of nitrogens with one attached hydrogen (secondary N) is 2. The van der Waals surface area contributed by atoms with Crippen LogP contribution < -0.4 is 10.6 Å². The van der Waals surface area contributed by atoms with Crippen molar-refractivity contribution >= 4 is 39.6 Å². The number of carbonyl (C=O) groups is 1. The molecule has 0 unspecified atom stereocenters. The molecule has 1 saturated carbocycles. The highest BCUT2D eigenvalue weighted by atomic mass is 32.1. The van der Waals surface area contributed by atoms with Gasteiger partial charge in [-0.3, -0.25) is 0 Å². The molecule has 2 N–H and O–H groups in total. The normalized spacial score (nSPS) is 18.4. The fourth-order valence-corrected chi connectivity index (χ4v) is 5.34. The second kappa shape index (κ2) is 8.30. The van der Waals surface area contributed by atoms with Crippen LogP contribution in [-0.2, 0) is 17.6 Å². The van der Waals surface area contributed by atoms with Crippen LogP contribution in [0.25, 0.3) is 0 Å². The minimum absolute atomic E-state index is 0.251. The zero-order valence-electron chi connectivity index (χ0n) is 14.3. The van der Waals surface area contributed by atoms with Gasteiger partial charge in [0.1, 0.15) is 5.00 Å². The van der Waals surface area contributed by atoms with Crippen LogP contribution in [-0.4, -0.2) is 24.2 Å². The van der Waals surface area contributed by atoms with Crippen LogP contribution in [0.1, 0.15) is 72.2 Å². The van der Waals surface area contributed by atoms with Gasteiger partial charge in [0.25, 0.3) is 0 Å². The maximum Gasteiger partial charge on any atom is 0.341 e. The topological polar surface area (TPSA) is 50.4 Å². The van der Waals surface area contributed by atoms with Gasteiger partial charge in [0, 0.05) is 10.9 Å². The predicted octanol–water partition coefficient (Wildman–Crippen LogP) is 4.42. The lowest BCUT2D eigenvalue weighted by molar-refractivity contribution is 0.0601.